The first kappa shape index (κ1) is 20.8. The number of carbonyl (C=O) groups excluding carboxylic acids is 3. The quantitative estimate of drug-likeness (QED) is 0.448. The van der Waals surface area contributed by atoms with Gasteiger partial charge in [0.2, 0.25) is 0 Å². The van der Waals surface area contributed by atoms with Crippen LogP contribution in [0.2, 0.25) is 0 Å². The first-order chi connectivity index (χ1) is 15.0. The van der Waals surface area contributed by atoms with E-state index in [-0.39, 0.29) is 23.2 Å². The standard InChI is InChI=1S/C25H26N2O4/c1-26-24(30)18-14-12-17(13-15-18)22(28)20-21(16-8-4-2-5-9-16)27(25(31)23(20)29)19-10-6-3-7-11-19/h3,6-7,10-16,21,28H,2,4-5,8-9H2,1H3,(H,26,30)/b22-20-. The van der Waals surface area contributed by atoms with Crippen LogP contribution in [0.5, 0.6) is 0 Å². The Hall–Kier alpha value is -3.41. The molecule has 1 aliphatic heterocycles. The summed E-state index contributed by atoms with van der Waals surface area (Å²) in [6.45, 7) is 0. The van der Waals surface area contributed by atoms with E-state index in [2.05, 4.69) is 5.32 Å². The van der Waals surface area contributed by atoms with Crippen LogP contribution in [0.4, 0.5) is 5.69 Å². The van der Waals surface area contributed by atoms with Crippen LogP contribution in [0.25, 0.3) is 5.76 Å². The predicted octanol–water partition coefficient (Wildman–Crippen LogP) is 3.88. The van der Waals surface area contributed by atoms with Gasteiger partial charge in [-0.3, -0.25) is 19.3 Å². The summed E-state index contributed by atoms with van der Waals surface area (Å²) in [5.74, 6) is -1.58. The smallest absolute Gasteiger partial charge is 0.299 e. The van der Waals surface area contributed by atoms with Gasteiger partial charge < -0.3 is 10.4 Å². The highest BCUT2D eigenvalue weighted by Crippen LogP contribution is 2.41. The minimum absolute atomic E-state index is 0.103. The lowest BCUT2D eigenvalue weighted by atomic mass is 9.80. The SMILES string of the molecule is CNC(=O)c1ccc(/C(O)=C2/C(=O)C(=O)N(c3ccccc3)C2C2CCCCC2)cc1. The van der Waals surface area contributed by atoms with Crippen molar-refractivity contribution in [1.29, 1.82) is 0 Å². The maximum atomic E-state index is 13.1. The second-order valence-corrected chi connectivity index (χ2v) is 8.10. The van der Waals surface area contributed by atoms with Gasteiger partial charge in [-0.05, 0) is 43.0 Å². The summed E-state index contributed by atoms with van der Waals surface area (Å²) < 4.78 is 0. The molecule has 0 spiro atoms. The number of ketones is 1. The van der Waals surface area contributed by atoms with E-state index < -0.39 is 17.7 Å². The molecule has 2 aromatic rings. The fourth-order valence-corrected chi connectivity index (χ4v) is 4.70. The highest BCUT2D eigenvalue weighted by molar-refractivity contribution is 6.51. The third-order valence-corrected chi connectivity index (χ3v) is 6.27. The summed E-state index contributed by atoms with van der Waals surface area (Å²) in [6.07, 6.45) is 5.03. The molecule has 31 heavy (non-hydrogen) atoms. The van der Waals surface area contributed by atoms with Crippen LogP contribution < -0.4 is 10.2 Å². The average Bonchev–Trinajstić information content (AvgIpc) is 3.09. The molecular weight excluding hydrogens is 392 g/mol. The van der Waals surface area contributed by atoms with E-state index in [9.17, 15) is 19.5 Å². The van der Waals surface area contributed by atoms with Gasteiger partial charge in [-0.1, -0.05) is 49.6 Å². The summed E-state index contributed by atoms with van der Waals surface area (Å²) in [5.41, 5.74) is 1.69. The minimum atomic E-state index is -0.660. The predicted molar refractivity (Wildman–Crippen MR) is 119 cm³/mol. The number of carbonyl (C=O) groups is 3. The first-order valence-electron chi connectivity index (χ1n) is 10.7. The number of amides is 2. The topological polar surface area (TPSA) is 86.7 Å². The number of anilines is 1. The third-order valence-electron chi connectivity index (χ3n) is 6.27. The Labute approximate surface area is 181 Å². The van der Waals surface area contributed by atoms with Gasteiger partial charge >= 0.3 is 0 Å². The van der Waals surface area contributed by atoms with Crippen LogP contribution in [-0.4, -0.2) is 35.8 Å². The van der Waals surface area contributed by atoms with Crippen LogP contribution in [0.15, 0.2) is 60.2 Å². The molecular formula is C25H26N2O4. The molecule has 0 aromatic heterocycles. The van der Waals surface area contributed by atoms with Crippen molar-refractivity contribution in [1.82, 2.24) is 5.32 Å². The van der Waals surface area contributed by atoms with E-state index >= 15 is 0 Å². The summed E-state index contributed by atoms with van der Waals surface area (Å²) >= 11 is 0. The van der Waals surface area contributed by atoms with Gasteiger partial charge in [-0.15, -0.1) is 0 Å². The Bertz CT molecular complexity index is 1020. The Morgan fingerprint density at radius 1 is 0.935 bits per heavy atom. The number of nitrogens with one attached hydrogen (secondary N) is 1. The average molecular weight is 418 g/mol. The maximum Gasteiger partial charge on any atom is 0.299 e. The van der Waals surface area contributed by atoms with E-state index in [1.54, 1.807) is 36.2 Å². The van der Waals surface area contributed by atoms with Crippen molar-refractivity contribution in [2.45, 2.75) is 38.1 Å². The molecule has 0 bridgehead atoms. The summed E-state index contributed by atoms with van der Waals surface area (Å²) in [4.78, 5) is 39.5. The number of nitrogens with zero attached hydrogens (tertiary/aromatic N) is 1. The van der Waals surface area contributed by atoms with E-state index in [4.69, 9.17) is 0 Å². The number of Topliss-reactive ketones (excluding diaryl/α,β-unsaturated/α-hetero) is 1. The van der Waals surface area contributed by atoms with Crippen molar-refractivity contribution in [2.24, 2.45) is 5.92 Å². The lowest BCUT2D eigenvalue weighted by Crippen LogP contribution is -2.40. The highest BCUT2D eigenvalue weighted by Gasteiger charge is 2.49. The number of benzene rings is 2. The van der Waals surface area contributed by atoms with Crippen LogP contribution in [0, 0.1) is 5.92 Å². The van der Waals surface area contributed by atoms with Crippen LogP contribution in [-0.2, 0) is 9.59 Å². The molecule has 1 heterocycles. The van der Waals surface area contributed by atoms with Crippen molar-refractivity contribution in [3.05, 3.63) is 71.3 Å². The Balaban J connectivity index is 1.80. The lowest BCUT2D eigenvalue weighted by molar-refractivity contribution is -0.132. The second kappa shape index (κ2) is 8.76. The van der Waals surface area contributed by atoms with Gasteiger partial charge in [0.1, 0.15) is 5.76 Å². The highest BCUT2D eigenvalue weighted by atomic mass is 16.3. The summed E-state index contributed by atoms with van der Waals surface area (Å²) in [7, 11) is 1.55. The van der Waals surface area contributed by atoms with Crippen molar-refractivity contribution in [3.8, 4) is 0 Å². The molecule has 2 aromatic carbocycles. The van der Waals surface area contributed by atoms with Crippen molar-refractivity contribution in [2.75, 3.05) is 11.9 Å². The van der Waals surface area contributed by atoms with Crippen LogP contribution in [0.1, 0.15) is 48.0 Å². The molecule has 2 fully saturated rings. The molecule has 0 radical (unpaired) electrons. The van der Waals surface area contributed by atoms with Gasteiger partial charge in [0.05, 0.1) is 11.6 Å². The van der Waals surface area contributed by atoms with Gasteiger partial charge in [0.15, 0.2) is 0 Å². The Morgan fingerprint density at radius 2 is 1.55 bits per heavy atom. The molecule has 1 saturated carbocycles. The second-order valence-electron chi connectivity index (χ2n) is 8.10. The van der Waals surface area contributed by atoms with Crippen LogP contribution in [0.3, 0.4) is 0 Å². The number of aliphatic hydroxyl groups is 1. The molecule has 6 nitrogen and oxygen atoms in total. The van der Waals surface area contributed by atoms with Crippen molar-refractivity contribution in [3.63, 3.8) is 0 Å². The van der Waals surface area contributed by atoms with Gasteiger partial charge in [0, 0.05) is 23.9 Å². The molecule has 2 amide bonds. The number of aliphatic hydroxyl groups excluding tert-OH is 1. The molecule has 160 valence electrons. The Kier molecular flexibility index (Phi) is 5.89. The van der Waals surface area contributed by atoms with Crippen LogP contribution >= 0.6 is 0 Å². The summed E-state index contributed by atoms with van der Waals surface area (Å²) in [6, 6.07) is 15.1. The fraction of sp³-hybridized carbons (Fsp3) is 0.320. The van der Waals surface area contributed by atoms with E-state index in [0.717, 1.165) is 32.1 Å². The Morgan fingerprint density at radius 3 is 2.16 bits per heavy atom. The van der Waals surface area contributed by atoms with Crippen molar-refractivity contribution < 1.29 is 19.5 Å². The zero-order valence-electron chi connectivity index (χ0n) is 17.5. The van der Waals surface area contributed by atoms with E-state index in [1.165, 1.54) is 0 Å². The first-order valence-corrected chi connectivity index (χ1v) is 10.7. The minimum Gasteiger partial charge on any atom is -0.507 e. The zero-order valence-corrected chi connectivity index (χ0v) is 17.5. The van der Waals surface area contributed by atoms with Crippen molar-refractivity contribution >= 4 is 29.0 Å². The molecule has 1 aliphatic carbocycles. The van der Waals surface area contributed by atoms with Gasteiger partial charge in [-0.25, -0.2) is 0 Å². The molecule has 1 saturated heterocycles. The number of hydrogen-bond acceptors (Lipinski definition) is 4. The normalized spacial score (nSPS) is 21.3. The third kappa shape index (κ3) is 3.85. The zero-order chi connectivity index (χ0) is 22.0. The summed E-state index contributed by atoms with van der Waals surface area (Å²) in [5, 5.41) is 13.7. The maximum absolute atomic E-state index is 13.1. The molecule has 6 heteroatoms. The van der Waals surface area contributed by atoms with Gasteiger partial charge in [0.25, 0.3) is 17.6 Å². The monoisotopic (exact) mass is 418 g/mol. The molecule has 2 N–H and O–H groups in total. The molecule has 4 rings (SSSR count). The van der Waals surface area contributed by atoms with E-state index in [0.29, 0.717) is 16.8 Å². The number of rotatable bonds is 4. The molecule has 1 atom stereocenters. The fourth-order valence-electron chi connectivity index (χ4n) is 4.70. The van der Waals surface area contributed by atoms with E-state index in [1.807, 2.05) is 30.3 Å². The number of hydrogen-bond donors (Lipinski definition) is 2. The molecule has 1 unspecified atom stereocenters. The largest absolute Gasteiger partial charge is 0.507 e. The molecule has 2 aliphatic rings. The lowest BCUT2D eigenvalue weighted by Gasteiger charge is -2.34. The van der Waals surface area contributed by atoms with Gasteiger partial charge in [-0.2, -0.15) is 0 Å². The number of para-hydroxylation sites is 1.